The van der Waals surface area contributed by atoms with Crippen molar-refractivity contribution >= 4 is 51.4 Å². The Balaban J connectivity index is 2.00. The third-order valence-corrected chi connectivity index (χ3v) is 5.08. The van der Waals surface area contributed by atoms with Crippen LogP contribution in [0.3, 0.4) is 0 Å². The lowest BCUT2D eigenvalue weighted by Crippen LogP contribution is -2.22. The van der Waals surface area contributed by atoms with E-state index in [4.69, 9.17) is 11.6 Å². The van der Waals surface area contributed by atoms with Gasteiger partial charge in [0.1, 0.15) is 0 Å². The Kier molecular flexibility index (Phi) is 5.44. The summed E-state index contributed by atoms with van der Waals surface area (Å²) in [4.78, 5) is 12.2. The quantitative estimate of drug-likeness (QED) is 0.812. The SMILES string of the molecule is CNc1nnc(S[C@@H](C)C(=O)Nc2cc(Cl)ccc2C)s1. The number of hydrogen-bond donors (Lipinski definition) is 2. The predicted molar refractivity (Wildman–Crippen MR) is 89.6 cm³/mol. The van der Waals surface area contributed by atoms with Gasteiger partial charge < -0.3 is 10.6 Å². The maximum absolute atomic E-state index is 12.2. The van der Waals surface area contributed by atoms with Gasteiger partial charge in [-0.3, -0.25) is 4.79 Å². The summed E-state index contributed by atoms with van der Waals surface area (Å²) in [5.74, 6) is -0.0911. The van der Waals surface area contributed by atoms with E-state index >= 15 is 0 Å². The minimum atomic E-state index is -0.277. The van der Waals surface area contributed by atoms with Crippen LogP contribution in [0, 0.1) is 6.92 Å². The minimum Gasteiger partial charge on any atom is -0.363 e. The topological polar surface area (TPSA) is 66.9 Å². The fraction of sp³-hybridized carbons (Fsp3) is 0.308. The Morgan fingerprint density at radius 2 is 2.19 bits per heavy atom. The van der Waals surface area contributed by atoms with Crippen molar-refractivity contribution in [3.63, 3.8) is 0 Å². The summed E-state index contributed by atoms with van der Waals surface area (Å²) < 4.78 is 0.754. The zero-order valence-electron chi connectivity index (χ0n) is 11.8. The van der Waals surface area contributed by atoms with Gasteiger partial charge in [0.15, 0.2) is 4.34 Å². The molecular weight excluding hydrogens is 328 g/mol. The first-order valence-corrected chi connectivity index (χ1v) is 8.32. The monoisotopic (exact) mass is 342 g/mol. The van der Waals surface area contributed by atoms with Gasteiger partial charge in [-0.25, -0.2) is 0 Å². The van der Waals surface area contributed by atoms with E-state index in [1.807, 2.05) is 19.9 Å². The van der Waals surface area contributed by atoms with Crippen LogP contribution in [-0.4, -0.2) is 28.4 Å². The molecule has 1 amide bonds. The highest BCUT2D eigenvalue weighted by atomic mass is 35.5. The maximum atomic E-state index is 12.2. The molecule has 2 aromatic rings. The number of rotatable bonds is 5. The molecule has 2 N–H and O–H groups in total. The fourth-order valence-corrected chi connectivity index (χ4v) is 3.55. The molecule has 1 aromatic carbocycles. The van der Waals surface area contributed by atoms with Gasteiger partial charge in [0.25, 0.3) is 0 Å². The molecule has 21 heavy (non-hydrogen) atoms. The van der Waals surface area contributed by atoms with Crippen molar-refractivity contribution in [2.24, 2.45) is 0 Å². The molecule has 0 aliphatic rings. The van der Waals surface area contributed by atoms with E-state index in [2.05, 4.69) is 20.8 Å². The average molecular weight is 343 g/mol. The molecule has 0 radical (unpaired) electrons. The Labute approximate surface area is 136 Å². The largest absolute Gasteiger partial charge is 0.363 e. The molecule has 112 valence electrons. The van der Waals surface area contributed by atoms with E-state index in [1.165, 1.54) is 23.1 Å². The summed E-state index contributed by atoms with van der Waals surface area (Å²) in [6.45, 7) is 3.76. The summed E-state index contributed by atoms with van der Waals surface area (Å²) >= 11 is 8.74. The van der Waals surface area contributed by atoms with E-state index in [1.54, 1.807) is 19.2 Å². The van der Waals surface area contributed by atoms with Gasteiger partial charge in [-0.15, -0.1) is 10.2 Å². The molecule has 0 unspecified atom stereocenters. The number of nitrogens with one attached hydrogen (secondary N) is 2. The van der Waals surface area contributed by atoms with Gasteiger partial charge in [0.2, 0.25) is 11.0 Å². The van der Waals surface area contributed by atoms with E-state index in [9.17, 15) is 4.79 Å². The number of carbonyl (C=O) groups is 1. The van der Waals surface area contributed by atoms with Crippen molar-refractivity contribution < 1.29 is 4.79 Å². The first-order chi connectivity index (χ1) is 9.99. The number of aromatic nitrogens is 2. The lowest BCUT2D eigenvalue weighted by molar-refractivity contribution is -0.115. The molecular formula is C13H15ClN4OS2. The number of carbonyl (C=O) groups excluding carboxylic acids is 1. The average Bonchev–Trinajstić information content (AvgIpc) is 2.90. The van der Waals surface area contributed by atoms with Crippen molar-refractivity contribution in [1.29, 1.82) is 0 Å². The highest BCUT2D eigenvalue weighted by Gasteiger charge is 2.18. The summed E-state index contributed by atoms with van der Waals surface area (Å²) in [7, 11) is 1.78. The van der Waals surface area contributed by atoms with Crippen LogP contribution in [0.4, 0.5) is 10.8 Å². The molecule has 1 atom stereocenters. The Hall–Kier alpha value is -1.31. The van der Waals surface area contributed by atoms with Crippen molar-refractivity contribution in [3.05, 3.63) is 28.8 Å². The predicted octanol–water partition coefficient (Wildman–Crippen LogP) is 3.66. The summed E-state index contributed by atoms with van der Waals surface area (Å²) in [6, 6.07) is 5.42. The minimum absolute atomic E-state index is 0.0911. The van der Waals surface area contributed by atoms with E-state index < -0.39 is 0 Å². The molecule has 1 aromatic heterocycles. The fourth-order valence-electron chi connectivity index (χ4n) is 1.53. The second-order valence-electron chi connectivity index (χ2n) is 4.33. The molecule has 0 fully saturated rings. The zero-order valence-corrected chi connectivity index (χ0v) is 14.2. The first-order valence-electron chi connectivity index (χ1n) is 6.24. The van der Waals surface area contributed by atoms with Gasteiger partial charge in [-0.2, -0.15) is 0 Å². The van der Waals surface area contributed by atoms with Crippen molar-refractivity contribution in [2.45, 2.75) is 23.4 Å². The van der Waals surface area contributed by atoms with Crippen molar-refractivity contribution in [2.75, 3.05) is 17.7 Å². The van der Waals surface area contributed by atoms with Crippen LogP contribution in [0.25, 0.3) is 0 Å². The number of halogens is 1. The van der Waals surface area contributed by atoms with Crippen LogP contribution >= 0.6 is 34.7 Å². The maximum Gasteiger partial charge on any atom is 0.237 e. The Morgan fingerprint density at radius 3 is 2.86 bits per heavy atom. The molecule has 0 aliphatic heterocycles. The van der Waals surface area contributed by atoms with Gasteiger partial charge in [0, 0.05) is 17.8 Å². The smallest absolute Gasteiger partial charge is 0.237 e. The van der Waals surface area contributed by atoms with Crippen LogP contribution in [0.5, 0.6) is 0 Å². The van der Waals surface area contributed by atoms with E-state index in [-0.39, 0.29) is 11.2 Å². The number of hydrogen-bond acceptors (Lipinski definition) is 6. The summed E-state index contributed by atoms with van der Waals surface area (Å²) in [5.41, 5.74) is 1.70. The number of thioether (sulfide) groups is 1. The Bertz CT molecular complexity index is 647. The van der Waals surface area contributed by atoms with Crippen molar-refractivity contribution in [1.82, 2.24) is 10.2 Å². The van der Waals surface area contributed by atoms with Gasteiger partial charge in [-0.1, -0.05) is 40.8 Å². The lowest BCUT2D eigenvalue weighted by atomic mass is 10.2. The van der Waals surface area contributed by atoms with Gasteiger partial charge in [0.05, 0.1) is 5.25 Å². The normalized spacial score (nSPS) is 12.0. The second-order valence-corrected chi connectivity index (χ2v) is 7.33. The standard InChI is InChI=1S/C13H15ClN4OS2/c1-7-4-5-9(14)6-10(7)16-11(19)8(2)20-13-18-17-12(15-3)21-13/h4-6,8H,1-3H3,(H,15,17)(H,16,19)/t8-/m0/s1. The van der Waals surface area contributed by atoms with Crippen LogP contribution in [0.2, 0.25) is 5.02 Å². The van der Waals surface area contributed by atoms with Crippen LogP contribution in [0.15, 0.2) is 22.5 Å². The molecule has 0 bridgehead atoms. The number of nitrogens with zero attached hydrogens (tertiary/aromatic N) is 2. The molecule has 0 saturated heterocycles. The number of aryl methyl sites for hydroxylation is 1. The summed E-state index contributed by atoms with van der Waals surface area (Å²) in [6.07, 6.45) is 0. The third kappa shape index (κ3) is 4.33. The highest BCUT2D eigenvalue weighted by Crippen LogP contribution is 2.29. The molecule has 0 saturated carbocycles. The molecule has 0 spiro atoms. The zero-order chi connectivity index (χ0) is 15.4. The lowest BCUT2D eigenvalue weighted by Gasteiger charge is -2.12. The molecule has 2 rings (SSSR count). The third-order valence-electron chi connectivity index (χ3n) is 2.72. The number of benzene rings is 1. The van der Waals surface area contributed by atoms with Gasteiger partial charge in [-0.05, 0) is 31.5 Å². The van der Waals surface area contributed by atoms with E-state index in [0.29, 0.717) is 5.02 Å². The summed E-state index contributed by atoms with van der Waals surface area (Å²) in [5, 5.41) is 14.8. The van der Waals surface area contributed by atoms with Gasteiger partial charge >= 0.3 is 0 Å². The van der Waals surface area contributed by atoms with Crippen LogP contribution in [-0.2, 0) is 4.79 Å². The number of amides is 1. The first kappa shape index (κ1) is 16.1. The van der Waals surface area contributed by atoms with Crippen molar-refractivity contribution in [3.8, 4) is 0 Å². The van der Waals surface area contributed by atoms with E-state index in [0.717, 1.165) is 20.7 Å². The highest BCUT2D eigenvalue weighted by molar-refractivity contribution is 8.02. The molecule has 0 aliphatic carbocycles. The molecule has 8 heteroatoms. The Morgan fingerprint density at radius 1 is 1.43 bits per heavy atom. The molecule has 5 nitrogen and oxygen atoms in total. The van der Waals surface area contributed by atoms with Crippen LogP contribution in [0.1, 0.15) is 12.5 Å². The second kappa shape index (κ2) is 7.11. The van der Waals surface area contributed by atoms with Crippen LogP contribution < -0.4 is 10.6 Å². The number of anilines is 2. The molecule has 1 heterocycles.